The van der Waals surface area contributed by atoms with Crippen molar-refractivity contribution in [2.45, 2.75) is 45.4 Å². The van der Waals surface area contributed by atoms with Gasteiger partial charge in [-0.05, 0) is 18.6 Å². The molecule has 132 valence electrons. The first-order chi connectivity index (χ1) is 12.2. The van der Waals surface area contributed by atoms with E-state index in [1.165, 1.54) is 19.3 Å². The highest BCUT2D eigenvalue weighted by molar-refractivity contribution is 5.89. The van der Waals surface area contributed by atoms with Crippen molar-refractivity contribution in [3.63, 3.8) is 0 Å². The van der Waals surface area contributed by atoms with Crippen molar-refractivity contribution >= 4 is 22.1 Å². The summed E-state index contributed by atoms with van der Waals surface area (Å²) in [6, 6.07) is 8.32. The highest BCUT2D eigenvalue weighted by Crippen LogP contribution is 2.30. The monoisotopic (exact) mass is 344 g/mol. The van der Waals surface area contributed by atoms with Crippen LogP contribution in [-0.4, -0.2) is 16.6 Å². The number of aromatic nitrogens is 2. The Labute approximate surface area is 146 Å². The molecule has 25 heavy (non-hydrogen) atoms. The summed E-state index contributed by atoms with van der Waals surface area (Å²) >= 11 is 0. The van der Waals surface area contributed by atoms with Gasteiger partial charge in [0.05, 0.1) is 23.2 Å². The lowest BCUT2D eigenvalue weighted by atomic mass is 10.1. The molecule has 0 aliphatic rings. The van der Waals surface area contributed by atoms with Crippen molar-refractivity contribution in [3.05, 3.63) is 42.0 Å². The van der Waals surface area contributed by atoms with E-state index in [-0.39, 0.29) is 11.3 Å². The van der Waals surface area contributed by atoms with Crippen LogP contribution in [-0.2, 0) is 0 Å². The molecule has 0 fully saturated rings. The Morgan fingerprint density at radius 1 is 0.880 bits per heavy atom. The van der Waals surface area contributed by atoms with E-state index in [1.54, 1.807) is 12.1 Å². The third kappa shape index (κ3) is 4.03. The molecule has 1 aromatic heterocycles. The van der Waals surface area contributed by atoms with Crippen LogP contribution in [0, 0.1) is 11.6 Å². The van der Waals surface area contributed by atoms with Crippen LogP contribution in [0.15, 0.2) is 30.3 Å². The van der Waals surface area contributed by atoms with Crippen molar-refractivity contribution in [2.24, 2.45) is 0 Å². The first-order valence-electron chi connectivity index (χ1n) is 8.88. The SMILES string of the molecule is CCCCCCCCOc1c(F)c(F)cc2nc3ccccc3nc12. The summed E-state index contributed by atoms with van der Waals surface area (Å²) in [5, 5.41) is 0. The van der Waals surface area contributed by atoms with Crippen LogP contribution in [0.2, 0.25) is 0 Å². The predicted molar refractivity (Wildman–Crippen MR) is 95.8 cm³/mol. The fraction of sp³-hybridized carbons (Fsp3) is 0.400. The van der Waals surface area contributed by atoms with E-state index >= 15 is 0 Å². The van der Waals surface area contributed by atoms with Gasteiger partial charge in [0.2, 0.25) is 5.82 Å². The zero-order valence-corrected chi connectivity index (χ0v) is 14.4. The fourth-order valence-electron chi connectivity index (χ4n) is 2.87. The van der Waals surface area contributed by atoms with Crippen LogP contribution in [0.4, 0.5) is 8.78 Å². The molecule has 0 saturated carbocycles. The molecule has 0 unspecified atom stereocenters. The third-order valence-electron chi connectivity index (χ3n) is 4.23. The number of ether oxygens (including phenoxy) is 1. The summed E-state index contributed by atoms with van der Waals surface area (Å²) in [6.45, 7) is 2.52. The largest absolute Gasteiger partial charge is 0.488 e. The van der Waals surface area contributed by atoms with Crippen LogP contribution < -0.4 is 4.74 Å². The molecule has 3 rings (SSSR count). The van der Waals surface area contributed by atoms with Gasteiger partial charge in [0.15, 0.2) is 11.6 Å². The second kappa shape index (κ2) is 8.19. The number of rotatable bonds is 8. The molecular weight excluding hydrogens is 322 g/mol. The van der Waals surface area contributed by atoms with Crippen LogP contribution in [0.5, 0.6) is 5.75 Å². The molecule has 3 aromatic rings. The molecular formula is C20H22F2N2O. The minimum atomic E-state index is -0.997. The minimum Gasteiger partial charge on any atom is -0.488 e. The average molecular weight is 344 g/mol. The Morgan fingerprint density at radius 3 is 2.32 bits per heavy atom. The number of hydrogen-bond donors (Lipinski definition) is 0. The van der Waals surface area contributed by atoms with Crippen molar-refractivity contribution in [2.75, 3.05) is 6.61 Å². The molecule has 0 atom stereocenters. The second-order valence-electron chi connectivity index (χ2n) is 6.20. The number of para-hydroxylation sites is 2. The minimum absolute atomic E-state index is 0.137. The lowest BCUT2D eigenvalue weighted by Gasteiger charge is -2.11. The maximum atomic E-state index is 14.2. The Bertz CT molecular complexity index is 867. The summed E-state index contributed by atoms with van der Waals surface area (Å²) in [6.07, 6.45) is 6.58. The van der Waals surface area contributed by atoms with Crippen molar-refractivity contribution < 1.29 is 13.5 Å². The number of halogens is 2. The molecule has 5 heteroatoms. The van der Waals surface area contributed by atoms with Crippen molar-refractivity contribution in [1.29, 1.82) is 0 Å². The topological polar surface area (TPSA) is 35.0 Å². The van der Waals surface area contributed by atoms with E-state index in [1.807, 2.05) is 12.1 Å². The van der Waals surface area contributed by atoms with Gasteiger partial charge < -0.3 is 4.74 Å². The average Bonchev–Trinajstić information content (AvgIpc) is 2.62. The van der Waals surface area contributed by atoms with Crippen molar-refractivity contribution in [3.8, 4) is 5.75 Å². The van der Waals surface area contributed by atoms with Crippen molar-refractivity contribution in [1.82, 2.24) is 9.97 Å². The number of unbranched alkanes of at least 4 members (excludes halogenated alkanes) is 5. The zero-order chi connectivity index (χ0) is 17.6. The maximum Gasteiger partial charge on any atom is 0.203 e. The Hall–Kier alpha value is -2.30. The fourth-order valence-corrected chi connectivity index (χ4v) is 2.87. The van der Waals surface area contributed by atoms with Crippen LogP contribution in [0.3, 0.4) is 0 Å². The van der Waals surface area contributed by atoms with E-state index in [9.17, 15) is 8.78 Å². The summed E-state index contributed by atoms with van der Waals surface area (Å²) < 4.78 is 33.7. The smallest absolute Gasteiger partial charge is 0.203 e. The van der Waals surface area contributed by atoms with E-state index in [0.29, 0.717) is 23.2 Å². The van der Waals surface area contributed by atoms with Gasteiger partial charge >= 0.3 is 0 Å². The maximum absolute atomic E-state index is 14.2. The normalized spacial score (nSPS) is 11.3. The van der Waals surface area contributed by atoms with Gasteiger partial charge in [-0.25, -0.2) is 14.4 Å². The molecule has 0 saturated heterocycles. The lowest BCUT2D eigenvalue weighted by molar-refractivity contribution is 0.288. The summed E-state index contributed by atoms with van der Waals surface area (Å²) in [7, 11) is 0. The van der Waals surface area contributed by atoms with E-state index < -0.39 is 11.6 Å². The van der Waals surface area contributed by atoms with Gasteiger partial charge in [-0.2, -0.15) is 4.39 Å². The Morgan fingerprint density at radius 2 is 1.56 bits per heavy atom. The highest BCUT2D eigenvalue weighted by Gasteiger charge is 2.18. The molecule has 0 bridgehead atoms. The van der Waals surface area contributed by atoms with Crippen LogP contribution in [0.1, 0.15) is 45.4 Å². The van der Waals surface area contributed by atoms with Crippen LogP contribution >= 0.6 is 0 Å². The molecule has 0 radical (unpaired) electrons. The third-order valence-corrected chi connectivity index (χ3v) is 4.23. The molecule has 3 nitrogen and oxygen atoms in total. The molecule has 0 N–H and O–H groups in total. The lowest BCUT2D eigenvalue weighted by Crippen LogP contribution is -2.03. The number of benzene rings is 2. The number of fused-ring (bicyclic) bond motifs is 2. The van der Waals surface area contributed by atoms with Gasteiger partial charge in [-0.15, -0.1) is 0 Å². The van der Waals surface area contributed by atoms with Gasteiger partial charge in [-0.1, -0.05) is 51.2 Å². The second-order valence-corrected chi connectivity index (χ2v) is 6.20. The molecule has 0 aliphatic heterocycles. The number of nitrogens with zero attached hydrogens (tertiary/aromatic N) is 2. The predicted octanol–water partition coefficient (Wildman–Crippen LogP) is 5.80. The first kappa shape index (κ1) is 17.5. The van der Waals surface area contributed by atoms with E-state index in [0.717, 1.165) is 25.3 Å². The Balaban J connectivity index is 1.80. The van der Waals surface area contributed by atoms with Crippen LogP contribution in [0.25, 0.3) is 22.1 Å². The Kier molecular flexibility index (Phi) is 5.74. The highest BCUT2D eigenvalue weighted by atomic mass is 19.2. The molecule has 0 spiro atoms. The first-order valence-corrected chi connectivity index (χ1v) is 8.88. The summed E-state index contributed by atoms with van der Waals surface area (Å²) in [5.74, 6) is -2.10. The van der Waals surface area contributed by atoms with Gasteiger partial charge in [0.25, 0.3) is 0 Å². The summed E-state index contributed by atoms with van der Waals surface area (Å²) in [5.41, 5.74) is 1.84. The quantitative estimate of drug-likeness (QED) is 0.382. The zero-order valence-electron chi connectivity index (χ0n) is 14.4. The molecule has 0 amide bonds. The standard InChI is InChI=1S/C20H22F2N2O/c1-2-3-4-5-6-9-12-25-20-18(22)14(21)13-17-19(20)24-16-11-8-7-10-15(16)23-17/h7-8,10-11,13H,2-6,9,12H2,1H3. The van der Waals surface area contributed by atoms with E-state index in [2.05, 4.69) is 16.9 Å². The van der Waals surface area contributed by atoms with E-state index in [4.69, 9.17) is 4.74 Å². The van der Waals surface area contributed by atoms with Gasteiger partial charge in [0.1, 0.15) is 5.52 Å². The molecule has 1 heterocycles. The molecule has 0 aliphatic carbocycles. The number of hydrogen-bond acceptors (Lipinski definition) is 3. The molecule has 2 aromatic carbocycles. The summed E-state index contributed by atoms with van der Waals surface area (Å²) in [4.78, 5) is 8.79. The van der Waals surface area contributed by atoms with Gasteiger partial charge in [0, 0.05) is 6.07 Å². The van der Waals surface area contributed by atoms with Gasteiger partial charge in [-0.3, -0.25) is 0 Å².